The molecule has 1 aliphatic heterocycles. The molecular weight excluding hydrogens is 468 g/mol. The Morgan fingerprint density at radius 1 is 1.34 bits per heavy atom. The summed E-state index contributed by atoms with van der Waals surface area (Å²) < 4.78 is 31.5. The molecule has 1 aromatic carbocycles. The summed E-state index contributed by atoms with van der Waals surface area (Å²) in [6, 6.07) is 9.20. The molecule has 0 radical (unpaired) electrons. The van der Waals surface area contributed by atoms with Gasteiger partial charge in [0, 0.05) is 25.7 Å². The van der Waals surface area contributed by atoms with Crippen molar-refractivity contribution < 1.29 is 13.2 Å². The Bertz CT molecular complexity index is 1320. The Kier molecular flexibility index (Phi) is 6.26. The van der Waals surface area contributed by atoms with Crippen molar-refractivity contribution in [1.29, 1.82) is 0 Å². The van der Waals surface area contributed by atoms with Gasteiger partial charge in [-0.2, -0.15) is 13.5 Å². The van der Waals surface area contributed by atoms with Crippen molar-refractivity contribution in [2.45, 2.75) is 30.7 Å². The average Bonchev–Trinajstić information content (AvgIpc) is 3.50. The molecule has 1 fully saturated rings. The van der Waals surface area contributed by atoms with E-state index in [4.69, 9.17) is 12.2 Å². The minimum Gasteiger partial charge on any atom is -0.362 e. The second-order valence-corrected chi connectivity index (χ2v) is 10.3. The molecule has 3 aromatic rings. The molecule has 3 heterocycles. The van der Waals surface area contributed by atoms with E-state index in [-0.39, 0.29) is 10.8 Å². The predicted molar refractivity (Wildman–Crippen MR) is 127 cm³/mol. The normalized spacial score (nSPS) is 16.4. The SMILES string of the molecule is CC(C(=O)Nc1cccc(S(=O)(=O)/N=C2/CCCN2C)c1)n1c(-c2cccs2)n[nH]c1=S. The summed E-state index contributed by atoms with van der Waals surface area (Å²) in [7, 11) is -2.06. The molecule has 0 bridgehead atoms. The summed E-state index contributed by atoms with van der Waals surface area (Å²) in [6.07, 6.45) is 1.50. The molecule has 168 valence electrons. The number of benzene rings is 1. The molecule has 2 aromatic heterocycles. The molecule has 0 spiro atoms. The van der Waals surface area contributed by atoms with Crippen LogP contribution in [0.3, 0.4) is 0 Å². The monoisotopic (exact) mass is 490 g/mol. The second-order valence-electron chi connectivity index (χ2n) is 7.40. The van der Waals surface area contributed by atoms with Crippen LogP contribution in [0.2, 0.25) is 0 Å². The predicted octanol–water partition coefficient (Wildman–Crippen LogP) is 3.68. The molecule has 1 atom stereocenters. The van der Waals surface area contributed by atoms with Gasteiger partial charge in [-0.3, -0.25) is 14.5 Å². The third-order valence-electron chi connectivity index (χ3n) is 5.17. The summed E-state index contributed by atoms with van der Waals surface area (Å²) >= 11 is 6.82. The number of carbonyl (C=O) groups excluding carboxylic acids is 1. The molecule has 9 nitrogen and oxygen atoms in total. The molecule has 1 unspecified atom stereocenters. The zero-order chi connectivity index (χ0) is 22.9. The zero-order valence-corrected chi connectivity index (χ0v) is 19.9. The number of hydrogen-bond donors (Lipinski definition) is 2. The standard InChI is InChI=1S/C20H22N6O3S3/c1-13(26-18(22-23-20(26)30)16-8-5-11-31-16)19(27)21-14-6-3-7-15(12-14)32(28,29)24-17-9-4-10-25(17)2/h3,5-8,11-13H,4,9-10H2,1-2H3,(H,21,27)(H,23,30)/b24-17-. The van der Waals surface area contributed by atoms with Gasteiger partial charge in [0.15, 0.2) is 10.6 Å². The summed E-state index contributed by atoms with van der Waals surface area (Å²) in [4.78, 5) is 15.7. The average molecular weight is 491 g/mol. The van der Waals surface area contributed by atoms with E-state index in [0.29, 0.717) is 28.5 Å². The lowest BCUT2D eigenvalue weighted by Crippen LogP contribution is -2.24. The van der Waals surface area contributed by atoms with E-state index in [9.17, 15) is 13.2 Å². The van der Waals surface area contributed by atoms with E-state index < -0.39 is 16.1 Å². The molecule has 12 heteroatoms. The number of anilines is 1. The number of rotatable bonds is 6. The van der Waals surface area contributed by atoms with Crippen LogP contribution in [0.5, 0.6) is 0 Å². The summed E-state index contributed by atoms with van der Waals surface area (Å²) in [5.41, 5.74) is 0.357. The molecule has 32 heavy (non-hydrogen) atoms. The lowest BCUT2D eigenvalue weighted by Gasteiger charge is -2.15. The topological polar surface area (TPSA) is 112 Å². The third kappa shape index (κ3) is 4.52. The Morgan fingerprint density at radius 2 is 2.16 bits per heavy atom. The van der Waals surface area contributed by atoms with Crippen molar-refractivity contribution in [1.82, 2.24) is 19.7 Å². The highest BCUT2D eigenvalue weighted by molar-refractivity contribution is 7.90. The van der Waals surface area contributed by atoms with Gasteiger partial charge in [0.05, 0.1) is 9.77 Å². The van der Waals surface area contributed by atoms with Crippen molar-refractivity contribution in [2.24, 2.45) is 4.40 Å². The summed E-state index contributed by atoms with van der Waals surface area (Å²) in [6.45, 7) is 2.49. The number of carbonyl (C=O) groups is 1. The fourth-order valence-corrected chi connectivity index (χ4v) is 5.58. The largest absolute Gasteiger partial charge is 0.362 e. The van der Waals surface area contributed by atoms with Gasteiger partial charge in [-0.25, -0.2) is 0 Å². The number of nitrogens with zero attached hydrogens (tertiary/aromatic N) is 4. The third-order valence-corrected chi connectivity index (χ3v) is 7.63. The minimum absolute atomic E-state index is 0.0231. The van der Waals surface area contributed by atoms with Crippen molar-refractivity contribution >= 4 is 51.0 Å². The molecule has 1 amide bonds. The fourth-order valence-electron chi connectivity index (χ4n) is 3.44. The minimum atomic E-state index is -3.88. The highest BCUT2D eigenvalue weighted by atomic mass is 32.2. The first-order chi connectivity index (χ1) is 15.3. The first kappa shape index (κ1) is 22.4. The van der Waals surface area contributed by atoms with Gasteiger partial charge < -0.3 is 10.2 Å². The zero-order valence-electron chi connectivity index (χ0n) is 17.5. The number of sulfonamides is 1. The van der Waals surface area contributed by atoms with Crippen molar-refractivity contribution in [3.8, 4) is 10.7 Å². The maximum atomic E-state index is 13.0. The Morgan fingerprint density at radius 3 is 2.84 bits per heavy atom. The van der Waals surface area contributed by atoms with E-state index in [1.807, 2.05) is 29.5 Å². The number of nitrogens with one attached hydrogen (secondary N) is 2. The number of hydrogen-bond acceptors (Lipinski definition) is 6. The van der Waals surface area contributed by atoms with Crippen molar-refractivity contribution in [3.63, 3.8) is 0 Å². The number of aromatic amines is 1. The molecule has 1 aliphatic rings. The Hall–Kier alpha value is -2.83. The van der Waals surface area contributed by atoms with E-state index in [1.165, 1.54) is 23.5 Å². The van der Waals surface area contributed by atoms with Crippen LogP contribution in [0, 0.1) is 4.77 Å². The number of H-pyrrole nitrogens is 1. The summed E-state index contributed by atoms with van der Waals surface area (Å²) in [5.74, 6) is 0.765. The van der Waals surface area contributed by atoms with E-state index >= 15 is 0 Å². The van der Waals surface area contributed by atoms with E-state index in [1.54, 1.807) is 23.6 Å². The van der Waals surface area contributed by atoms with Gasteiger partial charge in [0.1, 0.15) is 11.9 Å². The van der Waals surface area contributed by atoms with Crippen LogP contribution in [-0.2, 0) is 14.8 Å². The van der Waals surface area contributed by atoms with E-state index in [2.05, 4.69) is 19.9 Å². The van der Waals surface area contributed by atoms with Gasteiger partial charge >= 0.3 is 0 Å². The molecule has 2 N–H and O–H groups in total. The molecule has 4 rings (SSSR count). The van der Waals surface area contributed by atoms with Crippen LogP contribution >= 0.6 is 23.6 Å². The van der Waals surface area contributed by atoms with Crippen LogP contribution in [0.25, 0.3) is 10.7 Å². The van der Waals surface area contributed by atoms with Crippen molar-refractivity contribution in [3.05, 3.63) is 46.5 Å². The number of amides is 1. The van der Waals surface area contributed by atoms with Crippen LogP contribution in [-0.4, -0.2) is 53.4 Å². The summed E-state index contributed by atoms with van der Waals surface area (Å²) in [5, 5.41) is 11.7. The highest BCUT2D eigenvalue weighted by Gasteiger charge is 2.23. The van der Waals surface area contributed by atoms with Crippen LogP contribution in [0.1, 0.15) is 25.8 Å². The number of amidine groups is 1. The number of aromatic nitrogens is 3. The Labute approximate surface area is 194 Å². The molecule has 0 saturated carbocycles. The highest BCUT2D eigenvalue weighted by Crippen LogP contribution is 2.26. The first-order valence-electron chi connectivity index (χ1n) is 9.93. The lowest BCUT2D eigenvalue weighted by molar-refractivity contribution is -0.118. The van der Waals surface area contributed by atoms with Gasteiger partial charge in [-0.15, -0.1) is 15.7 Å². The molecule has 0 aliphatic carbocycles. The molecule has 1 saturated heterocycles. The first-order valence-corrected chi connectivity index (χ1v) is 12.7. The fraction of sp³-hybridized carbons (Fsp3) is 0.300. The van der Waals surface area contributed by atoms with Crippen LogP contribution in [0.4, 0.5) is 5.69 Å². The van der Waals surface area contributed by atoms with Crippen LogP contribution in [0.15, 0.2) is 51.1 Å². The number of thiophene rings is 1. The van der Waals surface area contributed by atoms with E-state index in [0.717, 1.165) is 17.8 Å². The van der Waals surface area contributed by atoms with Crippen molar-refractivity contribution in [2.75, 3.05) is 18.9 Å². The number of likely N-dealkylation sites (tertiary alicyclic amines) is 1. The second kappa shape index (κ2) is 8.96. The van der Waals surface area contributed by atoms with Gasteiger partial charge in [-0.1, -0.05) is 12.1 Å². The van der Waals surface area contributed by atoms with Crippen LogP contribution < -0.4 is 5.32 Å². The maximum absolute atomic E-state index is 13.0. The maximum Gasteiger partial charge on any atom is 0.284 e. The quantitative estimate of drug-likeness (QED) is 0.510. The van der Waals surface area contributed by atoms with Gasteiger partial charge in [-0.05, 0) is 55.2 Å². The molecular formula is C20H22N6O3S3. The Balaban J connectivity index is 1.56. The smallest absolute Gasteiger partial charge is 0.284 e. The van der Waals surface area contributed by atoms with Gasteiger partial charge in [0.2, 0.25) is 5.91 Å². The van der Waals surface area contributed by atoms with Gasteiger partial charge in [0.25, 0.3) is 10.0 Å². The lowest BCUT2D eigenvalue weighted by atomic mass is 10.2.